The summed E-state index contributed by atoms with van der Waals surface area (Å²) in [5.41, 5.74) is -1.61. The highest BCUT2D eigenvalue weighted by atomic mass is 19.2. The van der Waals surface area contributed by atoms with Crippen molar-refractivity contribution in [1.29, 1.82) is 0 Å². The Morgan fingerprint density at radius 1 is 1.08 bits per heavy atom. The minimum Gasteiger partial charge on any atom is -0.477 e. The first-order valence-corrected chi connectivity index (χ1v) is 2.88. The third-order valence-corrected chi connectivity index (χ3v) is 1.21. The van der Waals surface area contributed by atoms with Gasteiger partial charge in [0.2, 0.25) is 11.8 Å². The maximum atomic E-state index is 12.5. The molecule has 1 rings (SSSR count). The van der Waals surface area contributed by atoms with Crippen LogP contribution in [-0.4, -0.2) is 16.1 Å². The SMILES string of the molecule is O=C(O)c1c(F)nc(F)c(F)c1F. The molecule has 0 aliphatic carbocycles. The normalized spacial score (nSPS) is 10.2. The molecular weight excluding hydrogens is 194 g/mol. The lowest BCUT2D eigenvalue weighted by Crippen LogP contribution is -2.11. The van der Waals surface area contributed by atoms with Crippen molar-refractivity contribution in [1.82, 2.24) is 4.98 Å². The van der Waals surface area contributed by atoms with Crippen molar-refractivity contribution in [2.24, 2.45) is 0 Å². The standard InChI is InChI=1S/C6HF4NO2/c7-2-1(6(12)13)4(9)11-5(10)3(2)8/h(H,12,13). The van der Waals surface area contributed by atoms with E-state index in [4.69, 9.17) is 5.11 Å². The van der Waals surface area contributed by atoms with Crippen LogP contribution in [0.15, 0.2) is 0 Å². The summed E-state index contributed by atoms with van der Waals surface area (Å²) in [4.78, 5) is 12.3. The number of aromatic carboxylic acids is 1. The van der Waals surface area contributed by atoms with E-state index in [1.54, 1.807) is 0 Å². The highest BCUT2D eigenvalue weighted by Gasteiger charge is 2.25. The maximum absolute atomic E-state index is 12.5. The fraction of sp³-hybridized carbons (Fsp3) is 0. The van der Waals surface area contributed by atoms with Crippen molar-refractivity contribution < 1.29 is 27.5 Å². The Labute approximate surface area is 68.6 Å². The van der Waals surface area contributed by atoms with Gasteiger partial charge in [0.15, 0.2) is 11.4 Å². The number of pyridine rings is 1. The first kappa shape index (κ1) is 9.43. The number of rotatable bonds is 1. The van der Waals surface area contributed by atoms with Crippen LogP contribution in [0.2, 0.25) is 0 Å². The van der Waals surface area contributed by atoms with E-state index in [1.165, 1.54) is 0 Å². The van der Waals surface area contributed by atoms with Crippen LogP contribution in [0.1, 0.15) is 10.4 Å². The molecule has 0 saturated carbocycles. The molecular formula is C6HF4NO2. The van der Waals surface area contributed by atoms with Crippen molar-refractivity contribution in [2.75, 3.05) is 0 Å². The molecule has 0 aromatic carbocycles. The summed E-state index contributed by atoms with van der Waals surface area (Å²) in [5.74, 6) is -10.2. The van der Waals surface area contributed by atoms with Crippen LogP contribution in [0.3, 0.4) is 0 Å². The van der Waals surface area contributed by atoms with Gasteiger partial charge in [-0.05, 0) is 0 Å². The van der Waals surface area contributed by atoms with Gasteiger partial charge in [-0.1, -0.05) is 0 Å². The predicted molar refractivity (Wildman–Crippen MR) is 31.0 cm³/mol. The molecule has 0 amide bonds. The van der Waals surface area contributed by atoms with Gasteiger partial charge >= 0.3 is 5.97 Å². The smallest absolute Gasteiger partial charge is 0.343 e. The minimum absolute atomic E-state index is 1.61. The summed E-state index contributed by atoms with van der Waals surface area (Å²) in [7, 11) is 0. The van der Waals surface area contributed by atoms with Gasteiger partial charge in [0, 0.05) is 0 Å². The topological polar surface area (TPSA) is 50.2 Å². The number of halogens is 4. The van der Waals surface area contributed by atoms with Crippen molar-refractivity contribution in [3.8, 4) is 0 Å². The molecule has 1 aromatic heterocycles. The van der Waals surface area contributed by atoms with Crippen molar-refractivity contribution in [2.45, 2.75) is 0 Å². The van der Waals surface area contributed by atoms with E-state index < -0.39 is 35.1 Å². The zero-order chi connectivity index (χ0) is 10.2. The molecule has 0 aliphatic rings. The lowest BCUT2D eigenvalue weighted by atomic mass is 10.2. The van der Waals surface area contributed by atoms with Crippen molar-refractivity contribution in [3.05, 3.63) is 29.1 Å². The third kappa shape index (κ3) is 1.44. The Kier molecular flexibility index (Phi) is 2.18. The molecule has 13 heavy (non-hydrogen) atoms. The van der Waals surface area contributed by atoms with Crippen LogP contribution < -0.4 is 0 Å². The van der Waals surface area contributed by atoms with E-state index in [0.717, 1.165) is 0 Å². The molecule has 3 nitrogen and oxygen atoms in total. The van der Waals surface area contributed by atoms with Gasteiger partial charge < -0.3 is 5.11 Å². The number of hydrogen-bond donors (Lipinski definition) is 1. The lowest BCUT2D eigenvalue weighted by Gasteiger charge is -1.99. The van der Waals surface area contributed by atoms with Crippen LogP contribution in [0.25, 0.3) is 0 Å². The summed E-state index contributed by atoms with van der Waals surface area (Å²) >= 11 is 0. The number of aromatic nitrogens is 1. The van der Waals surface area contributed by atoms with Crippen LogP contribution in [0.5, 0.6) is 0 Å². The average molecular weight is 195 g/mol. The zero-order valence-electron chi connectivity index (χ0n) is 5.81. The first-order valence-electron chi connectivity index (χ1n) is 2.88. The van der Waals surface area contributed by atoms with Crippen LogP contribution in [0.4, 0.5) is 17.6 Å². The molecule has 0 bridgehead atoms. The molecule has 0 fully saturated rings. The van der Waals surface area contributed by atoms with Crippen LogP contribution in [-0.2, 0) is 0 Å². The number of carbonyl (C=O) groups is 1. The number of carboxylic acid groups (broad SMARTS) is 1. The predicted octanol–water partition coefficient (Wildman–Crippen LogP) is 1.34. The number of nitrogens with zero attached hydrogens (tertiary/aromatic N) is 1. The van der Waals surface area contributed by atoms with E-state index in [-0.39, 0.29) is 0 Å². The molecule has 1 heterocycles. The fourth-order valence-electron chi connectivity index (χ4n) is 0.664. The fourth-order valence-corrected chi connectivity index (χ4v) is 0.664. The average Bonchev–Trinajstić information content (AvgIpc) is 1.99. The molecule has 1 N–H and O–H groups in total. The quantitative estimate of drug-likeness (QED) is 0.543. The zero-order valence-corrected chi connectivity index (χ0v) is 5.81. The third-order valence-electron chi connectivity index (χ3n) is 1.21. The number of hydrogen-bond acceptors (Lipinski definition) is 2. The van der Waals surface area contributed by atoms with E-state index in [2.05, 4.69) is 4.98 Å². The van der Waals surface area contributed by atoms with E-state index in [0.29, 0.717) is 0 Å². The Morgan fingerprint density at radius 3 is 2.08 bits per heavy atom. The molecule has 70 valence electrons. The summed E-state index contributed by atoms with van der Waals surface area (Å²) in [6.45, 7) is 0. The van der Waals surface area contributed by atoms with Gasteiger partial charge in [-0.15, -0.1) is 0 Å². The van der Waals surface area contributed by atoms with Crippen LogP contribution in [0, 0.1) is 23.5 Å². The number of carboxylic acids is 1. The second-order valence-electron chi connectivity index (χ2n) is 2.00. The first-order chi connectivity index (χ1) is 5.95. The van der Waals surface area contributed by atoms with E-state index in [9.17, 15) is 22.4 Å². The molecule has 1 aromatic rings. The second-order valence-corrected chi connectivity index (χ2v) is 2.00. The molecule has 7 heteroatoms. The molecule has 0 aliphatic heterocycles. The lowest BCUT2D eigenvalue weighted by molar-refractivity contribution is 0.0683. The molecule has 0 atom stereocenters. The van der Waals surface area contributed by atoms with Crippen LogP contribution >= 0.6 is 0 Å². The van der Waals surface area contributed by atoms with Gasteiger partial charge in [0.05, 0.1) is 0 Å². The van der Waals surface area contributed by atoms with Crippen molar-refractivity contribution >= 4 is 5.97 Å². The molecule has 0 radical (unpaired) electrons. The summed E-state index contributed by atoms with van der Waals surface area (Å²) in [6.07, 6.45) is 0. The van der Waals surface area contributed by atoms with Gasteiger partial charge in [0.1, 0.15) is 0 Å². The second kappa shape index (κ2) is 3.00. The Morgan fingerprint density at radius 2 is 1.62 bits per heavy atom. The minimum atomic E-state index is -2.11. The van der Waals surface area contributed by atoms with Gasteiger partial charge in [-0.2, -0.15) is 18.2 Å². The maximum Gasteiger partial charge on any atom is 0.343 e. The highest BCUT2D eigenvalue weighted by Crippen LogP contribution is 2.15. The molecule has 0 saturated heterocycles. The summed E-state index contributed by atoms with van der Waals surface area (Å²) in [6, 6.07) is 0. The van der Waals surface area contributed by atoms with Gasteiger partial charge in [-0.3, -0.25) is 0 Å². The van der Waals surface area contributed by atoms with E-state index >= 15 is 0 Å². The molecule has 0 unspecified atom stereocenters. The molecule has 0 spiro atoms. The van der Waals surface area contributed by atoms with Gasteiger partial charge in [-0.25, -0.2) is 9.18 Å². The van der Waals surface area contributed by atoms with E-state index in [1.807, 2.05) is 0 Å². The Balaban J connectivity index is 3.53. The Hall–Kier alpha value is -1.66. The monoisotopic (exact) mass is 195 g/mol. The van der Waals surface area contributed by atoms with Crippen molar-refractivity contribution in [3.63, 3.8) is 0 Å². The Bertz CT molecular complexity index is 379. The van der Waals surface area contributed by atoms with Gasteiger partial charge in [0.25, 0.3) is 5.95 Å². The highest BCUT2D eigenvalue weighted by molar-refractivity contribution is 5.87. The largest absolute Gasteiger partial charge is 0.477 e. The summed E-state index contributed by atoms with van der Waals surface area (Å²) in [5, 5.41) is 8.15. The summed E-state index contributed by atoms with van der Waals surface area (Å²) < 4.78 is 49.3.